The van der Waals surface area contributed by atoms with E-state index in [-0.39, 0.29) is 11.6 Å². The third kappa shape index (κ3) is 4.56. The van der Waals surface area contributed by atoms with Gasteiger partial charge in [0.15, 0.2) is 16.8 Å². The Balaban J connectivity index is 1.24. The number of thiazole rings is 1. The zero-order valence-corrected chi connectivity index (χ0v) is 16.8. The highest BCUT2D eigenvalue weighted by Crippen LogP contribution is 2.31. The number of nitrogens with zero attached hydrogens (tertiary/aromatic N) is 2. The maximum Gasteiger partial charge on any atom is 0.313 e. The fourth-order valence-electron chi connectivity index (χ4n) is 3.40. The molecule has 0 atom stereocenters. The Labute approximate surface area is 175 Å². The average molecular weight is 430 g/mol. The highest BCUT2D eigenvalue weighted by molar-refractivity contribution is 7.22. The first-order chi connectivity index (χ1) is 14.5. The molecule has 0 aliphatic carbocycles. The van der Waals surface area contributed by atoms with Gasteiger partial charge in [-0.3, -0.25) is 9.59 Å². The summed E-state index contributed by atoms with van der Waals surface area (Å²) >= 11 is 1.67. The number of benzene rings is 2. The molecule has 1 saturated heterocycles. The van der Waals surface area contributed by atoms with E-state index in [4.69, 9.17) is 0 Å². The molecule has 1 aliphatic heterocycles. The van der Waals surface area contributed by atoms with Crippen molar-refractivity contribution in [3.63, 3.8) is 0 Å². The van der Waals surface area contributed by atoms with Crippen LogP contribution in [0.25, 0.3) is 10.2 Å². The van der Waals surface area contributed by atoms with Gasteiger partial charge in [-0.1, -0.05) is 23.5 Å². The van der Waals surface area contributed by atoms with Crippen LogP contribution in [-0.4, -0.2) is 36.4 Å². The number of hydrogen-bond acceptors (Lipinski definition) is 5. The number of carbonyl (C=O) groups is 2. The van der Waals surface area contributed by atoms with Gasteiger partial charge >= 0.3 is 11.8 Å². The minimum Gasteiger partial charge on any atom is -0.348 e. The highest BCUT2D eigenvalue weighted by Gasteiger charge is 2.23. The van der Waals surface area contributed by atoms with Crippen LogP contribution in [0.5, 0.6) is 0 Å². The lowest BCUT2D eigenvalue weighted by Gasteiger charge is -2.31. The first kappa shape index (κ1) is 20.2. The molecule has 0 radical (unpaired) electrons. The van der Waals surface area contributed by atoms with Crippen molar-refractivity contribution in [1.82, 2.24) is 10.3 Å². The summed E-state index contributed by atoms with van der Waals surface area (Å²) in [5.74, 6) is -3.56. The Morgan fingerprint density at radius 1 is 1.07 bits per heavy atom. The molecule has 3 aromatic rings. The van der Waals surface area contributed by atoms with Crippen LogP contribution >= 0.6 is 11.3 Å². The van der Waals surface area contributed by atoms with Gasteiger partial charge in [-0.25, -0.2) is 13.8 Å². The highest BCUT2D eigenvalue weighted by atomic mass is 32.1. The van der Waals surface area contributed by atoms with Crippen molar-refractivity contribution in [2.45, 2.75) is 12.8 Å². The molecule has 30 heavy (non-hydrogen) atoms. The van der Waals surface area contributed by atoms with E-state index in [1.165, 1.54) is 6.07 Å². The maximum atomic E-state index is 13.2. The Bertz CT molecular complexity index is 1050. The average Bonchev–Trinajstić information content (AvgIpc) is 3.19. The number of fused-ring (bicyclic) bond motifs is 1. The van der Waals surface area contributed by atoms with Crippen molar-refractivity contribution in [3.8, 4) is 0 Å². The van der Waals surface area contributed by atoms with Crippen molar-refractivity contribution in [2.24, 2.45) is 5.92 Å². The monoisotopic (exact) mass is 430 g/mol. The molecule has 4 rings (SSSR count). The van der Waals surface area contributed by atoms with Crippen molar-refractivity contribution in [2.75, 3.05) is 29.9 Å². The van der Waals surface area contributed by atoms with E-state index in [2.05, 4.69) is 26.6 Å². The molecule has 0 bridgehead atoms. The molecule has 6 nitrogen and oxygen atoms in total. The third-order valence-corrected chi connectivity index (χ3v) is 6.20. The SMILES string of the molecule is O=C(NCC1CCN(c2nc3ccccc3s2)CC1)C(=O)Nc1ccc(F)c(F)c1. The number of nitrogens with one attached hydrogen (secondary N) is 2. The van der Waals surface area contributed by atoms with Gasteiger partial charge < -0.3 is 15.5 Å². The molecule has 1 fully saturated rings. The number of para-hydroxylation sites is 1. The van der Waals surface area contributed by atoms with E-state index in [1.54, 1.807) is 11.3 Å². The molecule has 2 aromatic carbocycles. The summed E-state index contributed by atoms with van der Waals surface area (Å²) in [6.07, 6.45) is 1.75. The quantitative estimate of drug-likeness (QED) is 0.621. The number of piperidine rings is 1. The summed E-state index contributed by atoms with van der Waals surface area (Å²) in [5.41, 5.74) is 1.03. The van der Waals surface area contributed by atoms with Gasteiger partial charge in [-0.2, -0.15) is 0 Å². The lowest BCUT2D eigenvalue weighted by atomic mass is 9.97. The van der Waals surface area contributed by atoms with Crippen LogP contribution in [0.15, 0.2) is 42.5 Å². The smallest absolute Gasteiger partial charge is 0.313 e. The largest absolute Gasteiger partial charge is 0.348 e. The van der Waals surface area contributed by atoms with Gasteiger partial charge in [-0.05, 0) is 43.0 Å². The second-order valence-electron chi connectivity index (χ2n) is 7.19. The van der Waals surface area contributed by atoms with Crippen molar-refractivity contribution in [1.29, 1.82) is 0 Å². The van der Waals surface area contributed by atoms with Gasteiger partial charge in [0.25, 0.3) is 0 Å². The molecule has 0 unspecified atom stereocenters. The fraction of sp³-hybridized carbons (Fsp3) is 0.286. The Morgan fingerprint density at radius 2 is 1.83 bits per heavy atom. The standard InChI is InChI=1S/C21H20F2N4O2S/c22-15-6-5-14(11-16(15)23)25-20(29)19(28)24-12-13-7-9-27(10-8-13)21-26-17-3-1-2-4-18(17)30-21/h1-6,11,13H,7-10,12H2,(H,24,28)(H,25,29). The summed E-state index contributed by atoms with van der Waals surface area (Å²) in [5, 5.41) is 5.89. The number of amides is 2. The molecular weight excluding hydrogens is 410 g/mol. The second kappa shape index (κ2) is 8.74. The second-order valence-corrected chi connectivity index (χ2v) is 8.20. The number of carbonyl (C=O) groups excluding carboxylic acids is 2. The zero-order chi connectivity index (χ0) is 21.1. The number of hydrogen-bond donors (Lipinski definition) is 2. The number of halogens is 2. The minimum absolute atomic E-state index is 0.0261. The van der Waals surface area contributed by atoms with E-state index in [0.29, 0.717) is 6.54 Å². The van der Waals surface area contributed by atoms with Crippen LogP contribution in [0.1, 0.15) is 12.8 Å². The Hall–Kier alpha value is -3.07. The molecule has 2 amide bonds. The lowest BCUT2D eigenvalue weighted by molar-refractivity contribution is -0.136. The predicted octanol–water partition coefficient (Wildman–Crippen LogP) is 3.55. The van der Waals surface area contributed by atoms with E-state index in [0.717, 1.165) is 53.4 Å². The third-order valence-electron chi connectivity index (χ3n) is 5.10. The number of aromatic nitrogens is 1. The summed E-state index contributed by atoms with van der Waals surface area (Å²) in [6, 6.07) is 11.0. The lowest BCUT2D eigenvalue weighted by Crippen LogP contribution is -2.41. The topological polar surface area (TPSA) is 74.3 Å². The minimum atomic E-state index is -1.09. The van der Waals surface area contributed by atoms with Gasteiger partial charge in [0, 0.05) is 31.4 Å². The predicted molar refractivity (Wildman–Crippen MR) is 113 cm³/mol. The van der Waals surface area contributed by atoms with Gasteiger partial charge in [0.05, 0.1) is 10.2 Å². The number of rotatable bonds is 4. The summed E-state index contributed by atoms with van der Waals surface area (Å²) in [7, 11) is 0. The van der Waals surface area contributed by atoms with E-state index >= 15 is 0 Å². The Morgan fingerprint density at radius 3 is 2.57 bits per heavy atom. The molecule has 2 heterocycles. The first-order valence-electron chi connectivity index (χ1n) is 9.64. The molecule has 1 aliphatic rings. The van der Waals surface area contributed by atoms with E-state index in [1.807, 2.05) is 18.2 Å². The van der Waals surface area contributed by atoms with Crippen LogP contribution in [0.3, 0.4) is 0 Å². The van der Waals surface area contributed by atoms with Gasteiger partial charge in [0.1, 0.15) is 0 Å². The van der Waals surface area contributed by atoms with Crippen LogP contribution in [-0.2, 0) is 9.59 Å². The van der Waals surface area contributed by atoms with Crippen molar-refractivity contribution in [3.05, 3.63) is 54.1 Å². The molecular formula is C21H20F2N4O2S. The van der Waals surface area contributed by atoms with Crippen LogP contribution in [0, 0.1) is 17.6 Å². The Kier molecular flexibility index (Phi) is 5.89. The molecule has 2 N–H and O–H groups in total. The summed E-state index contributed by atoms with van der Waals surface area (Å²) in [6.45, 7) is 2.06. The fourth-order valence-corrected chi connectivity index (χ4v) is 4.42. The molecule has 1 aromatic heterocycles. The first-order valence-corrected chi connectivity index (χ1v) is 10.5. The van der Waals surface area contributed by atoms with Crippen molar-refractivity contribution < 1.29 is 18.4 Å². The molecule has 0 saturated carbocycles. The summed E-state index contributed by atoms with van der Waals surface area (Å²) < 4.78 is 27.3. The molecule has 156 valence electrons. The summed E-state index contributed by atoms with van der Waals surface area (Å²) in [4.78, 5) is 30.9. The van der Waals surface area contributed by atoms with E-state index in [9.17, 15) is 18.4 Å². The van der Waals surface area contributed by atoms with Crippen LogP contribution < -0.4 is 15.5 Å². The molecule has 9 heteroatoms. The normalized spacial score (nSPS) is 14.7. The van der Waals surface area contributed by atoms with Crippen LogP contribution in [0.2, 0.25) is 0 Å². The zero-order valence-electron chi connectivity index (χ0n) is 16.0. The van der Waals surface area contributed by atoms with Gasteiger partial charge in [0.2, 0.25) is 0 Å². The van der Waals surface area contributed by atoms with Gasteiger partial charge in [-0.15, -0.1) is 0 Å². The molecule has 0 spiro atoms. The number of anilines is 2. The maximum absolute atomic E-state index is 13.2. The van der Waals surface area contributed by atoms with Crippen LogP contribution in [0.4, 0.5) is 19.6 Å². The van der Waals surface area contributed by atoms with E-state index < -0.39 is 23.4 Å². The van der Waals surface area contributed by atoms with Crippen molar-refractivity contribution >= 4 is 44.2 Å².